The van der Waals surface area contributed by atoms with Crippen LogP contribution >= 0.6 is 0 Å². The summed E-state index contributed by atoms with van der Waals surface area (Å²) in [4.78, 5) is 2.34. The highest BCUT2D eigenvalue weighted by atomic mass is 16.3. The molecule has 2 fully saturated rings. The number of nitrogens with zero attached hydrogens (tertiary/aromatic N) is 1. The molecule has 0 aromatic heterocycles. The molecule has 0 radical (unpaired) electrons. The van der Waals surface area contributed by atoms with Crippen molar-refractivity contribution in [1.29, 1.82) is 0 Å². The van der Waals surface area contributed by atoms with Gasteiger partial charge in [0.05, 0.1) is 6.10 Å². The maximum Gasteiger partial charge on any atom is 0.0815 e. The predicted molar refractivity (Wildman–Crippen MR) is 47.7 cm³/mol. The Bertz CT molecular complexity index is 162. The van der Waals surface area contributed by atoms with E-state index in [4.69, 9.17) is 5.73 Å². The molecule has 4 atom stereocenters. The van der Waals surface area contributed by atoms with E-state index in [1.807, 2.05) is 6.92 Å². The van der Waals surface area contributed by atoms with Gasteiger partial charge in [-0.2, -0.15) is 0 Å². The average Bonchev–Trinajstić information content (AvgIpc) is 2.59. The van der Waals surface area contributed by atoms with E-state index in [1.54, 1.807) is 0 Å². The van der Waals surface area contributed by atoms with E-state index in [0.29, 0.717) is 0 Å². The minimum Gasteiger partial charge on any atom is -0.390 e. The maximum atomic E-state index is 9.52. The van der Waals surface area contributed by atoms with Crippen LogP contribution in [-0.2, 0) is 0 Å². The molecule has 1 aliphatic carbocycles. The standard InChI is InChI=1S/C9H18N2O/c1-6(10)9(12)5-11-3-7-2-8(7)4-11/h6-9,12H,2-5,10H2,1H3. The number of hydrogen-bond donors (Lipinski definition) is 2. The lowest BCUT2D eigenvalue weighted by molar-refractivity contribution is 0.101. The molecule has 0 bridgehead atoms. The molecule has 3 heteroatoms. The van der Waals surface area contributed by atoms with E-state index in [1.165, 1.54) is 19.5 Å². The summed E-state index contributed by atoms with van der Waals surface area (Å²) >= 11 is 0. The van der Waals surface area contributed by atoms with Crippen molar-refractivity contribution in [2.75, 3.05) is 19.6 Å². The molecule has 70 valence electrons. The number of β-amino-alcohol motifs (C(OH)–C–C–N with tert-alkyl or cyclic N) is 1. The molecule has 1 heterocycles. The Labute approximate surface area is 73.5 Å². The van der Waals surface area contributed by atoms with Gasteiger partial charge >= 0.3 is 0 Å². The third-order valence-electron chi connectivity index (χ3n) is 3.11. The first-order chi connectivity index (χ1) is 5.66. The van der Waals surface area contributed by atoms with Crippen LogP contribution in [0.5, 0.6) is 0 Å². The summed E-state index contributed by atoms with van der Waals surface area (Å²) in [6.07, 6.45) is 1.08. The van der Waals surface area contributed by atoms with Gasteiger partial charge in [-0.1, -0.05) is 0 Å². The molecule has 0 spiro atoms. The van der Waals surface area contributed by atoms with Crippen LogP contribution in [0.4, 0.5) is 0 Å². The van der Waals surface area contributed by atoms with Gasteiger partial charge < -0.3 is 15.7 Å². The van der Waals surface area contributed by atoms with Gasteiger partial charge in [0.25, 0.3) is 0 Å². The third kappa shape index (κ3) is 1.63. The van der Waals surface area contributed by atoms with Gasteiger partial charge in [-0.05, 0) is 25.2 Å². The number of piperidine rings is 1. The molecule has 0 aromatic carbocycles. The summed E-state index contributed by atoms with van der Waals surface area (Å²) in [5.41, 5.74) is 5.58. The molecule has 3 nitrogen and oxygen atoms in total. The van der Waals surface area contributed by atoms with Crippen molar-refractivity contribution in [1.82, 2.24) is 4.90 Å². The molecule has 12 heavy (non-hydrogen) atoms. The number of likely N-dealkylation sites (tertiary alicyclic amines) is 1. The summed E-state index contributed by atoms with van der Waals surface area (Å²) in [6, 6.07) is -0.0954. The molecular weight excluding hydrogens is 152 g/mol. The van der Waals surface area contributed by atoms with Gasteiger partial charge in [-0.3, -0.25) is 0 Å². The first-order valence-electron chi connectivity index (χ1n) is 4.83. The Morgan fingerprint density at radius 1 is 1.50 bits per heavy atom. The predicted octanol–water partition coefficient (Wildman–Crippen LogP) is -0.354. The zero-order valence-electron chi connectivity index (χ0n) is 7.61. The van der Waals surface area contributed by atoms with Gasteiger partial charge in [0.15, 0.2) is 0 Å². The van der Waals surface area contributed by atoms with Crippen molar-refractivity contribution >= 4 is 0 Å². The van der Waals surface area contributed by atoms with Crippen molar-refractivity contribution in [3.8, 4) is 0 Å². The molecule has 1 saturated heterocycles. The minimum absolute atomic E-state index is 0.0954. The number of aliphatic hydroxyl groups is 1. The van der Waals surface area contributed by atoms with E-state index in [-0.39, 0.29) is 12.1 Å². The van der Waals surface area contributed by atoms with Crippen molar-refractivity contribution in [3.63, 3.8) is 0 Å². The number of aliphatic hydroxyl groups excluding tert-OH is 1. The Morgan fingerprint density at radius 2 is 2.08 bits per heavy atom. The minimum atomic E-state index is -0.345. The fraction of sp³-hybridized carbons (Fsp3) is 1.00. The lowest BCUT2D eigenvalue weighted by Crippen LogP contribution is -2.41. The third-order valence-corrected chi connectivity index (χ3v) is 3.11. The summed E-state index contributed by atoms with van der Waals surface area (Å²) in [7, 11) is 0. The second kappa shape index (κ2) is 2.98. The first kappa shape index (κ1) is 8.48. The largest absolute Gasteiger partial charge is 0.390 e. The van der Waals surface area contributed by atoms with Crippen molar-refractivity contribution in [3.05, 3.63) is 0 Å². The quantitative estimate of drug-likeness (QED) is 0.608. The molecule has 4 unspecified atom stereocenters. The van der Waals surface area contributed by atoms with E-state index in [0.717, 1.165) is 18.4 Å². The Balaban J connectivity index is 1.73. The summed E-state index contributed by atoms with van der Waals surface area (Å²) in [5.74, 6) is 1.90. The van der Waals surface area contributed by atoms with E-state index in [2.05, 4.69) is 4.90 Å². The van der Waals surface area contributed by atoms with Gasteiger partial charge in [-0.15, -0.1) is 0 Å². The smallest absolute Gasteiger partial charge is 0.0815 e. The van der Waals surface area contributed by atoms with Gasteiger partial charge in [0, 0.05) is 25.7 Å². The lowest BCUT2D eigenvalue weighted by atomic mass is 10.2. The molecular formula is C9H18N2O. The lowest BCUT2D eigenvalue weighted by Gasteiger charge is -2.23. The number of nitrogens with two attached hydrogens (primary N) is 1. The summed E-state index contributed by atoms with van der Waals surface area (Å²) in [6.45, 7) is 5.01. The second-order valence-electron chi connectivity index (χ2n) is 4.40. The highest BCUT2D eigenvalue weighted by Gasteiger charge is 2.45. The topological polar surface area (TPSA) is 49.5 Å². The fourth-order valence-corrected chi connectivity index (χ4v) is 2.08. The average molecular weight is 170 g/mol. The normalized spacial score (nSPS) is 39.2. The maximum absolute atomic E-state index is 9.52. The van der Waals surface area contributed by atoms with Crippen LogP contribution in [-0.4, -0.2) is 41.8 Å². The SMILES string of the molecule is CC(N)C(O)CN1CC2CC2C1. The highest BCUT2D eigenvalue weighted by molar-refractivity contribution is 4.97. The molecule has 3 N–H and O–H groups in total. The van der Waals surface area contributed by atoms with Crippen LogP contribution in [0.3, 0.4) is 0 Å². The zero-order valence-corrected chi connectivity index (χ0v) is 7.61. The monoisotopic (exact) mass is 170 g/mol. The Hall–Kier alpha value is -0.120. The van der Waals surface area contributed by atoms with Crippen molar-refractivity contribution < 1.29 is 5.11 Å². The fourth-order valence-electron chi connectivity index (χ4n) is 2.08. The van der Waals surface area contributed by atoms with Crippen LogP contribution < -0.4 is 5.73 Å². The zero-order chi connectivity index (χ0) is 8.72. The Kier molecular flexibility index (Phi) is 2.10. The molecule has 2 aliphatic rings. The van der Waals surface area contributed by atoms with Gasteiger partial charge in [-0.25, -0.2) is 0 Å². The summed E-state index contributed by atoms with van der Waals surface area (Å²) in [5, 5.41) is 9.52. The molecule has 0 amide bonds. The van der Waals surface area contributed by atoms with Crippen molar-refractivity contribution in [2.45, 2.75) is 25.5 Å². The number of hydrogen-bond acceptors (Lipinski definition) is 3. The van der Waals surface area contributed by atoms with Crippen LogP contribution in [0, 0.1) is 11.8 Å². The van der Waals surface area contributed by atoms with E-state index in [9.17, 15) is 5.11 Å². The molecule has 2 rings (SSSR count). The van der Waals surface area contributed by atoms with Gasteiger partial charge in [0.1, 0.15) is 0 Å². The van der Waals surface area contributed by atoms with Gasteiger partial charge in [0.2, 0.25) is 0 Å². The van der Waals surface area contributed by atoms with Crippen LogP contribution in [0.25, 0.3) is 0 Å². The summed E-state index contributed by atoms with van der Waals surface area (Å²) < 4.78 is 0. The van der Waals surface area contributed by atoms with Crippen LogP contribution in [0.2, 0.25) is 0 Å². The molecule has 1 aliphatic heterocycles. The molecule has 0 aromatic rings. The van der Waals surface area contributed by atoms with E-state index < -0.39 is 0 Å². The Morgan fingerprint density at radius 3 is 2.58 bits per heavy atom. The molecule has 1 saturated carbocycles. The van der Waals surface area contributed by atoms with Crippen molar-refractivity contribution in [2.24, 2.45) is 17.6 Å². The highest BCUT2D eigenvalue weighted by Crippen LogP contribution is 2.44. The number of rotatable bonds is 3. The number of fused-ring (bicyclic) bond motifs is 1. The van der Waals surface area contributed by atoms with E-state index >= 15 is 0 Å². The van der Waals surface area contributed by atoms with Crippen LogP contribution in [0.1, 0.15) is 13.3 Å². The first-order valence-corrected chi connectivity index (χ1v) is 4.83. The van der Waals surface area contributed by atoms with Crippen LogP contribution in [0.15, 0.2) is 0 Å². The second-order valence-corrected chi connectivity index (χ2v) is 4.40.